The average Bonchev–Trinajstić information content (AvgIpc) is 2.77. The smallest absolute Gasteiger partial charge is 0.323 e. The summed E-state index contributed by atoms with van der Waals surface area (Å²) in [4.78, 5) is 24.9. The van der Waals surface area contributed by atoms with Crippen LogP contribution in [-0.4, -0.2) is 18.5 Å². The minimum absolute atomic E-state index is 0.0370. The predicted octanol–water partition coefficient (Wildman–Crippen LogP) is 4.51. The van der Waals surface area contributed by atoms with E-state index in [1.54, 1.807) is 0 Å². The molecular formula is C25H25N3O3. The van der Waals surface area contributed by atoms with E-state index in [1.165, 1.54) is 0 Å². The van der Waals surface area contributed by atoms with Crippen LogP contribution in [0.5, 0.6) is 5.75 Å². The summed E-state index contributed by atoms with van der Waals surface area (Å²) in [6, 6.07) is 22.5. The van der Waals surface area contributed by atoms with E-state index in [-0.39, 0.29) is 17.9 Å². The van der Waals surface area contributed by atoms with E-state index in [2.05, 4.69) is 16.0 Å². The van der Waals surface area contributed by atoms with Crippen LogP contribution < -0.4 is 20.7 Å². The van der Waals surface area contributed by atoms with Gasteiger partial charge in [-0.25, -0.2) is 4.79 Å². The van der Waals surface area contributed by atoms with Crippen LogP contribution in [0.3, 0.4) is 0 Å². The second kappa shape index (κ2) is 9.34. The number of benzene rings is 3. The lowest BCUT2D eigenvalue weighted by molar-refractivity contribution is -0.126. The molecule has 0 aliphatic carbocycles. The van der Waals surface area contributed by atoms with Gasteiger partial charge < -0.3 is 20.7 Å². The maximum absolute atomic E-state index is 12.6. The van der Waals surface area contributed by atoms with E-state index in [0.29, 0.717) is 25.3 Å². The maximum atomic E-state index is 12.6. The minimum Gasteiger partial charge on any atom is -0.492 e. The molecule has 3 aromatic rings. The summed E-state index contributed by atoms with van der Waals surface area (Å²) in [6.07, 6.45) is 0.669. The highest BCUT2D eigenvalue weighted by molar-refractivity contribution is 5.99. The Hall–Kier alpha value is -3.80. The lowest BCUT2D eigenvalue weighted by Gasteiger charge is -2.24. The number of anilines is 2. The molecular weight excluding hydrogens is 390 g/mol. The number of urea groups is 1. The summed E-state index contributed by atoms with van der Waals surface area (Å²) in [6.45, 7) is 2.73. The van der Waals surface area contributed by atoms with Gasteiger partial charge in [-0.1, -0.05) is 42.5 Å². The Morgan fingerprint density at radius 3 is 2.48 bits per heavy atom. The Kier molecular flexibility index (Phi) is 6.17. The highest BCUT2D eigenvalue weighted by atomic mass is 16.5. The third kappa shape index (κ3) is 5.42. The van der Waals surface area contributed by atoms with Gasteiger partial charge in [-0.15, -0.1) is 0 Å². The van der Waals surface area contributed by atoms with E-state index in [4.69, 9.17) is 4.74 Å². The van der Waals surface area contributed by atoms with Gasteiger partial charge in [0, 0.05) is 17.9 Å². The highest BCUT2D eigenvalue weighted by Crippen LogP contribution is 2.26. The zero-order chi connectivity index (χ0) is 21.6. The van der Waals surface area contributed by atoms with Crippen molar-refractivity contribution in [2.24, 2.45) is 5.92 Å². The normalized spacial score (nSPS) is 14.7. The number of rotatable bonds is 5. The van der Waals surface area contributed by atoms with Crippen molar-refractivity contribution in [3.8, 4) is 5.75 Å². The molecule has 0 radical (unpaired) electrons. The van der Waals surface area contributed by atoms with Crippen molar-refractivity contribution in [3.05, 3.63) is 89.5 Å². The van der Waals surface area contributed by atoms with Crippen LogP contribution in [0.2, 0.25) is 0 Å². The molecule has 31 heavy (non-hydrogen) atoms. The lowest BCUT2D eigenvalue weighted by Crippen LogP contribution is -2.37. The first-order valence-corrected chi connectivity index (χ1v) is 10.3. The summed E-state index contributed by atoms with van der Waals surface area (Å²) in [5.41, 5.74) is 4.42. The fourth-order valence-corrected chi connectivity index (χ4v) is 3.61. The van der Waals surface area contributed by atoms with Crippen molar-refractivity contribution in [1.29, 1.82) is 0 Å². The highest BCUT2D eigenvalue weighted by Gasteiger charge is 2.25. The Morgan fingerprint density at radius 2 is 1.68 bits per heavy atom. The van der Waals surface area contributed by atoms with Gasteiger partial charge in [0.2, 0.25) is 5.91 Å². The average molecular weight is 415 g/mol. The largest absolute Gasteiger partial charge is 0.492 e. The lowest BCUT2D eigenvalue weighted by atomic mass is 9.96. The number of para-hydroxylation sites is 1. The zero-order valence-electron chi connectivity index (χ0n) is 17.4. The fourth-order valence-electron chi connectivity index (χ4n) is 3.61. The van der Waals surface area contributed by atoms with Crippen LogP contribution in [0, 0.1) is 12.8 Å². The number of fused-ring (bicyclic) bond motifs is 1. The van der Waals surface area contributed by atoms with Crippen molar-refractivity contribution >= 4 is 23.3 Å². The SMILES string of the molecule is Cc1cccc(NC(=O)Nc2cccc(CNC(=O)C3COc4ccccc4C3)c2)c1. The minimum atomic E-state index is -0.315. The van der Waals surface area contributed by atoms with E-state index >= 15 is 0 Å². The van der Waals surface area contributed by atoms with Crippen LogP contribution in [0.15, 0.2) is 72.8 Å². The molecule has 1 heterocycles. The van der Waals surface area contributed by atoms with Gasteiger partial charge in [0.25, 0.3) is 0 Å². The number of carbonyl (C=O) groups excluding carboxylic acids is 2. The van der Waals surface area contributed by atoms with Gasteiger partial charge in [0.15, 0.2) is 0 Å². The molecule has 0 spiro atoms. The van der Waals surface area contributed by atoms with Gasteiger partial charge in [-0.2, -0.15) is 0 Å². The molecule has 1 atom stereocenters. The summed E-state index contributed by atoms with van der Waals surface area (Å²) < 4.78 is 5.71. The van der Waals surface area contributed by atoms with Gasteiger partial charge in [0.05, 0.1) is 5.92 Å². The van der Waals surface area contributed by atoms with Crippen LogP contribution in [0.4, 0.5) is 16.2 Å². The number of aryl methyl sites for hydroxylation is 1. The summed E-state index contributed by atoms with van der Waals surface area (Å²) in [5.74, 6) is 0.607. The first-order chi connectivity index (χ1) is 15.1. The van der Waals surface area contributed by atoms with Crippen molar-refractivity contribution < 1.29 is 14.3 Å². The monoisotopic (exact) mass is 415 g/mol. The third-order valence-electron chi connectivity index (χ3n) is 5.18. The molecule has 3 amide bonds. The molecule has 0 aromatic heterocycles. The molecule has 6 nitrogen and oxygen atoms in total. The van der Waals surface area contributed by atoms with Crippen molar-refractivity contribution in [1.82, 2.24) is 5.32 Å². The van der Waals surface area contributed by atoms with Crippen LogP contribution in [0.1, 0.15) is 16.7 Å². The van der Waals surface area contributed by atoms with Crippen LogP contribution in [0.25, 0.3) is 0 Å². The Bertz CT molecular complexity index is 1100. The summed E-state index contributed by atoms with van der Waals surface area (Å²) in [7, 11) is 0. The Labute approximate surface area is 181 Å². The molecule has 1 unspecified atom stereocenters. The number of amides is 3. The molecule has 0 bridgehead atoms. The number of nitrogens with one attached hydrogen (secondary N) is 3. The van der Waals surface area contributed by atoms with Gasteiger partial charge in [0.1, 0.15) is 12.4 Å². The summed E-state index contributed by atoms with van der Waals surface area (Å²) >= 11 is 0. The molecule has 4 rings (SSSR count). The second-order valence-corrected chi connectivity index (χ2v) is 7.69. The standard InChI is InChI=1S/C25H25N3O3/c1-17-6-4-9-21(12-17)27-25(30)28-22-10-5-7-18(13-22)15-26-24(29)20-14-19-8-2-3-11-23(19)31-16-20/h2-13,20H,14-16H2,1H3,(H,26,29)(H2,27,28,30). The zero-order valence-corrected chi connectivity index (χ0v) is 17.4. The molecule has 0 saturated carbocycles. The van der Waals surface area contributed by atoms with E-state index < -0.39 is 0 Å². The number of carbonyl (C=O) groups is 2. The van der Waals surface area contributed by atoms with Gasteiger partial charge in [-0.3, -0.25) is 4.79 Å². The molecule has 158 valence electrons. The molecule has 0 fully saturated rings. The fraction of sp³-hybridized carbons (Fsp3) is 0.200. The molecule has 3 N–H and O–H groups in total. The second-order valence-electron chi connectivity index (χ2n) is 7.69. The first-order valence-electron chi connectivity index (χ1n) is 10.3. The molecule has 1 aliphatic rings. The molecule has 0 saturated heterocycles. The van der Waals surface area contributed by atoms with Gasteiger partial charge in [-0.05, 0) is 60.4 Å². The van der Waals surface area contributed by atoms with E-state index in [1.807, 2.05) is 79.7 Å². The number of ether oxygens (including phenoxy) is 1. The number of hydrogen-bond donors (Lipinski definition) is 3. The van der Waals surface area contributed by atoms with Crippen LogP contribution in [-0.2, 0) is 17.8 Å². The quantitative estimate of drug-likeness (QED) is 0.574. The first kappa shape index (κ1) is 20.5. The van der Waals surface area contributed by atoms with Crippen molar-refractivity contribution in [2.45, 2.75) is 19.9 Å². The predicted molar refractivity (Wildman–Crippen MR) is 121 cm³/mol. The number of hydrogen-bond acceptors (Lipinski definition) is 3. The van der Waals surface area contributed by atoms with E-state index in [0.717, 1.165) is 28.1 Å². The molecule has 6 heteroatoms. The molecule has 1 aliphatic heterocycles. The Balaban J connectivity index is 1.30. The van der Waals surface area contributed by atoms with Crippen LogP contribution >= 0.6 is 0 Å². The van der Waals surface area contributed by atoms with Gasteiger partial charge >= 0.3 is 6.03 Å². The topological polar surface area (TPSA) is 79.5 Å². The molecule has 3 aromatic carbocycles. The van der Waals surface area contributed by atoms with Crippen molar-refractivity contribution in [2.75, 3.05) is 17.2 Å². The van der Waals surface area contributed by atoms with E-state index in [9.17, 15) is 9.59 Å². The summed E-state index contributed by atoms with van der Waals surface area (Å²) in [5, 5.41) is 8.63. The van der Waals surface area contributed by atoms with Crippen molar-refractivity contribution in [3.63, 3.8) is 0 Å². The third-order valence-corrected chi connectivity index (χ3v) is 5.18. The maximum Gasteiger partial charge on any atom is 0.323 e. The Morgan fingerprint density at radius 1 is 0.935 bits per heavy atom.